The first-order valence-corrected chi connectivity index (χ1v) is 14.5. The van der Waals surface area contributed by atoms with E-state index in [0.29, 0.717) is 53.5 Å². The van der Waals surface area contributed by atoms with Gasteiger partial charge in [0.1, 0.15) is 29.8 Å². The lowest BCUT2D eigenvalue weighted by Crippen LogP contribution is -2.40. The van der Waals surface area contributed by atoms with Crippen molar-refractivity contribution in [3.8, 4) is 40.4 Å². The Morgan fingerprint density at radius 3 is 2.70 bits per heavy atom. The molecule has 228 valence electrons. The Labute approximate surface area is 251 Å². The molecule has 0 fully saturated rings. The van der Waals surface area contributed by atoms with Crippen LogP contribution in [0.15, 0.2) is 40.9 Å². The van der Waals surface area contributed by atoms with Crippen LogP contribution < -0.4 is 9.47 Å². The van der Waals surface area contributed by atoms with E-state index in [-0.39, 0.29) is 37.5 Å². The number of fused-ring (bicyclic) bond motifs is 1. The van der Waals surface area contributed by atoms with E-state index in [1.807, 2.05) is 52.8 Å². The highest BCUT2D eigenvalue weighted by Crippen LogP contribution is 2.42. The van der Waals surface area contributed by atoms with Crippen molar-refractivity contribution >= 4 is 12.1 Å². The van der Waals surface area contributed by atoms with Gasteiger partial charge in [0.15, 0.2) is 0 Å². The van der Waals surface area contributed by atoms with Crippen LogP contribution in [-0.2, 0) is 14.3 Å². The molecule has 0 spiro atoms. The smallest absolute Gasteiger partial charge is 0.410 e. The molecule has 1 aliphatic rings. The Hall–Kier alpha value is -4.59. The number of para-hydroxylation sites is 1. The van der Waals surface area contributed by atoms with Crippen LogP contribution in [0.25, 0.3) is 22.8 Å². The van der Waals surface area contributed by atoms with E-state index in [4.69, 9.17) is 23.5 Å². The van der Waals surface area contributed by atoms with Crippen LogP contribution in [0.4, 0.5) is 4.79 Å². The van der Waals surface area contributed by atoms with Crippen molar-refractivity contribution in [2.45, 2.75) is 78.6 Å². The number of amides is 1. The number of esters is 1. The molecular weight excluding hydrogens is 552 g/mol. The summed E-state index contributed by atoms with van der Waals surface area (Å²) in [7, 11) is 0. The van der Waals surface area contributed by atoms with Crippen LogP contribution in [0.1, 0.15) is 78.0 Å². The van der Waals surface area contributed by atoms with Crippen molar-refractivity contribution in [3.05, 3.63) is 47.5 Å². The van der Waals surface area contributed by atoms with Crippen LogP contribution in [0, 0.1) is 11.3 Å². The highest BCUT2D eigenvalue weighted by Gasteiger charge is 2.34. The highest BCUT2D eigenvalue weighted by molar-refractivity contribution is 5.73. The van der Waals surface area contributed by atoms with E-state index >= 15 is 0 Å². The molecule has 1 aliphatic heterocycles. The maximum atomic E-state index is 13.3. The van der Waals surface area contributed by atoms with E-state index in [1.54, 1.807) is 30.0 Å². The van der Waals surface area contributed by atoms with Gasteiger partial charge in [0.05, 0.1) is 36.4 Å². The quantitative estimate of drug-likeness (QED) is 0.255. The largest absolute Gasteiger partial charge is 0.491 e. The normalized spacial score (nSPS) is 14.7. The zero-order valence-corrected chi connectivity index (χ0v) is 25.5. The summed E-state index contributed by atoms with van der Waals surface area (Å²) in [6, 6.07) is 12.4. The lowest BCUT2D eigenvalue weighted by molar-refractivity contribution is -0.143. The summed E-state index contributed by atoms with van der Waals surface area (Å²) in [6.45, 7) is 11.8. The first kappa shape index (κ1) is 31.3. The predicted octanol–water partition coefficient (Wildman–Crippen LogP) is 6.47. The van der Waals surface area contributed by atoms with Crippen LogP contribution in [0.5, 0.6) is 11.5 Å². The van der Waals surface area contributed by atoms with Crippen molar-refractivity contribution in [1.29, 1.82) is 5.26 Å². The maximum Gasteiger partial charge on any atom is 0.410 e. The number of hydrogen-bond donors (Lipinski definition) is 0. The van der Waals surface area contributed by atoms with Gasteiger partial charge in [0, 0.05) is 17.5 Å². The van der Waals surface area contributed by atoms with Gasteiger partial charge in [-0.05, 0) is 78.6 Å². The molecule has 11 heteroatoms. The molecule has 4 rings (SSSR count). The standard InChI is InChI=1S/C32H38N4O7/c1-7-39-27(37)13-9-12-25-23-10-8-11-24(28(23)40-17-16-36(25)31(38)42-32(4,5)6)29-34-30(43-35-29)21-14-15-26(41-20(2)3)22(18-21)19-33/h8,10-11,14-15,18,20,25H,7,9,12-13,16-17H2,1-6H3. The van der Waals surface area contributed by atoms with Gasteiger partial charge in [-0.2, -0.15) is 10.2 Å². The number of aromatic nitrogens is 2. The Balaban J connectivity index is 1.68. The van der Waals surface area contributed by atoms with E-state index in [1.165, 1.54) is 0 Å². The third-order valence-corrected chi connectivity index (χ3v) is 6.53. The monoisotopic (exact) mass is 590 g/mol. The van der Waals surface area contributed by atoms with Gasteiger partial charge in [0.25, 0.3) is 5.89 Å². The van der Waals surface area contributed by atoms with Gasteiger partial charge in [-0.25, -0.2) is 4.79 Å². The van der Waals surface area contributed by atoms with Crippen molar-refractivity contribution in [2.24, 2.45) is 0 Å². The van der Waals surface area contributed by atoms with E-state index in [9.17, 15) is 14.9 Å². The van der Waals surface area contributed by atoms with Gasteiger partial charge in [-0.3, -0.25) is 9.69 Å². The fraction of sp³-hybridized carbons (Fsp3) is 0.469. The average Bonchev–Trinajstić information content (AvgIpc) is 3.35. The second-order valence-corrected chi connectivity index (χ2v) is 11.4. The third-order valence-electron chi connectivity index (χ3n) is 6.53. The van der Waals surface area contributed by atoms with E-state index in [2.05, 4.69) is 16.2 Å². The summed E-state index contributed by atoms with van der Waals surface area (Å²) in [6.07, 6.45) is 0.660. The minimum atomic E-state index is -0.685. The number of benzene rings is 2. The van der Waals surface area contributed by atoms with Gasteiger partial charge in [-0.15, -0.1) is 0 Å². The maximum absolute atomic E-state index is 13.3. The van der Waals surface area contributed by atoms with Crippen LogP contribution in [0.3, 0.4) is 0 Å². The Bertz CT molecular complexity index is 1490. The van der Waals surface area contributed by atoms with E-state index in [0.717, 1.165) is 5.56 Å². The Morgan fingerprint density at radius 2 is 2.00 bits per heavy atom. The van der Waals surface area contributed by atoms with Crippen molar-refractivity contribution in [2.75, 3.05) is 19.8 Å². The van der Waals surface area contributed by atoms with Crippen LogP contribution in [0.2, 0.25) is 0 Å². The molecule has 0 saturated carbocycles. The molecule has 1 aromatic heterocycles. The zero-order chi connectivity index (χ0) is 31.1. The van der Waals surface area contributed by atoms with Crippen molar-refractivity contribution in [3.63, 3.8) is 0 Å². The number of carbonyl (C=O) groups excluding carboxylic acids is 2. The fourth-order valence-corrected chi connectivity index (χ4v) is 4.80. The lowest BCUT2D eigenvalue weighted by Gasteiger charge is -2.32. The first-order valence-electron chi connectivity index (χ1n) is 14.5. The number of rotatable bonds is 9. The molecule has 3 aromatic rings. The molecule has 1 amide bonds. The molecule has 0 aliphatic carbocycles. The number of hydrogen-bond acceptors (Lipinski definition) is 10. The Kier molecular flexibility index (Phi) is 9.91. The topological polar surface area (TPSA) is 137 Å². The molecule has 1 unspecified atom stereocenters. The summed E-state index contributed by atoms with van der Waals surface area (Å²) >= 11 is 0. The Morgan fingerprint density at radius 1 is 1.21 bits per heavy atom. The summed E-state index contributed by atoms with van der Waals surface area (Å²) in [5.41, 5.74) is 1.58. The molecule has 0 bridgehead atoms. The first-order chi connectivity index (χ1) is 20.5. The minimum absolute atomic E-state index is 0.0819. The molecule has 0 N–H and O–H groups in total. The molecule has 11 nitrogen and oxygen atoms in total. The molecule has 1 atom stereocenters. The predicted molar refractivity (Wildman–Crippen MR) is 157 cm³/mol. The lowest BCUT2D eigenvalue weighted by atomic mass is 9.96. The number of nitrogens with zero attached hydrogens (tertiary/aromatic N) is 4. The van der Waals surface area contributed by atoms with Crippen molar-refractivity contribution in [1.82, 2.24) is 15.0 Å². The second kappa shape index (κ2) is 13.6. The summed E-state index contributed by atoms with van der Waals surface area (Å²) < 4.78 is 28.4. The number of nitriles is 1. The summed E-state index contributed by atoms with van der Waals surface area (Å²) in [5, 5.41) is 13.9. The van der Waals surface area contributed by atoms with Gasteiger partial charge >= 0.3 is 12.1 Å². The van der Waals surface area contributed by atoms with Gasteiger partial charge < -0.3 is 23.5 Å². The van der Waals surface area contributed by atoms with Crippen LogP contribution in [-0.4, -0.2) is 58.6 Å². The molecule has 2 aromatic carbocycles. The molecule has 2 heterocycles. The fourth-order valence-electron chi connectivity index (χ4n) is 4.80. The highest BCUT2D eigenvalue weighted by atomic mass is 16.6. The van der Waals surface area contributed by atoms with Gasteiger partial charge in [-0.1, -0.05) is 17.3 Å². The van der Waals surface area contributed by atoms with E-state index < -0.39 is 17.7 Å². The van der Waals surface area contributed by atoms with Gasteiger partial charge in [0.2, 0.25) is 5.82 Å². The average molecular weight is 591 g/mol. The summed E-state index contributed by atoms with van der Waals surface area (Å²) in [4.78, 5) is 31.6. The SMILES string of the molecule is CCOC(=O)CCCC1c2cccc(-c3noc(-c4ccc(OC(C)C)c(C#N)c4)n3)c2OCCN1C(=O)OC(C)(C)C. The number of carbonyl (C=O) groups is 2. The molecule has 0 radical (unpaired) electrons. The summed E-state index contributed by atoms with van der Waals surface area (Å²) in [5.74, 6) is 1.25. The third kappa shape index (κ3) is 7.83. The number of ether oxygens (including phenoxy) is 4. The van der Waals surface area contributed by atoms with Crippen molar-refractivity contribution < 1.29 is 33.1 Å². The van der Waals surface area contributed by atoms with Crippen LogP contribution >= 0.6 is 0 Å². The molecule has 0 saturated heterocycles. The molecular formula is C32H38N4O7. The molecule has 43 heavy (non-hydrogen) atoms. The zero-order valence-electron chi connectivity index (χ0n) is 25.5. The minimum Gasteiger partial charge on any atom is -0.491 e. The second-order valence-electron chi connectivity index (χ2n) is 11.4.